The third-order valence-electron chi connectivity index (χ3n) is 3.34. The van der Waals surface area contributed by atoms with Crippen molar-refractivity contribution in [1.29, 1.82) is 0 Å². The summed E-state index contributed by atoms with van der Waals surface area (Å²) in [5.74, 6) is -0.814. The van der Waals surface area contributed by atoms with Crippen LogP contribution in [0.2, 0.25) is 0 Å². The van der Waals surface area contributed by atoms with Crippen LogP contribution in [0.1, 0.15) is 60.8 Å². The molecule has 2 unspecified atom stereocenters. The van der Waals surface area contributed by atoms with Gasteiger partial charge in [-0.25, -0.2) is 4.79 Å². The minimum atomic E-state index is -0.798. The molecule has 0 aliphatic heterocycles. The molecule has 0 aliphatic carbocycles. The van der Waals surface area contributed by atoms with Crippen molar-refractivity contribution in [2.24, 2.45) is 11.3 Å². The van der Waals surface area contributed by atoms with E-state index in [-0.39, 0.29) is 11.9 Å². The summed E-state index contributed by atoms with van der Waals surface area (Å²) < 4.78 is 10.4. The Labute approximate surface area is 116 Å². The van der Waals surface area contributed by atoms with Crippen LogP contribution in [0.5, 0.6) is 0 Å². The van der Waals surface area contributed by atoms with E-state index in [0.717, 1.165) is 19.3 Å². The third-order valence-corrected chi connectivity index (χ3v) is 3.34. The Bertz CT molecular complexity index is 297. The molecule has 0 aromatic heterocycles. The fourth-order valence-corrected chi connectivity index (χ4v) is 1.84. The van der Waals surface area contributed by atoms with Gasteiger partial charge in [-0.3, -0.25) is 4.79 Å². The predicted molar refractivity (Wildman–Crippen MR) is 74.7 cm³/mol. The highest BCUT2D eigenvalue weighted by Crippen LogP contribution is 2.26. The third kappa shape index (κ3) is 5.62. The van der Waals surface area contributed by atoms with Crippen molar-refractivity contribution in [3.05, 3.63) is 0 Å². The number of rotatable bonds is 8. The standard InChI is InChI=1S/C15H28O4/c1-7-10-15(5,6)14(17)19-12(11(4)8-2)13(16)18-9-3/h11-12H,7-10H2,1-6H3. The molecule has 0 aliphatic rings. The normalized spacial score (nSPS) is 14.6. The van der Waals surface area contributed by atoms with E-state index in [1.807, 2.05) is 34.6 Å². The SMILES string of the molecule is CCCC(C)(C)C(=O)OC(C(=O)OCC)C(C)CC. The van der Waals surface area contributed by atoms with E-state index in [2.05, 4.69) is 0 Å². The summed E-state index contributed by atoms with van der Waals surface area (Å²) in [7, 11) is 0. The van der Waals surface area contributed by atoms with Gasteiger partial charge in [0.15, 0.2) is 0 Å². The zero-order valence-corrected chi connectivity index (χ0v) is 13.1. The maximum absolute atomic E-state index is 12.2. The summed E-state index contributed by atoms with van der Waals surface area (Å²) in [5, 5.41) is 0. The van der Waals surface area contributed by atoms with Crippen LogP contribution in [0.15, 0.2) is 0 Å². The van der Waals surface area contributed by atoms with Gasteiger partial charge in [0.2, 0.25) is 6.10 Å². The lowest BCUT2D eigenvalue weighted by molar-refractivity contribution is -0.177. The fraction of sp³-hybridized carbons (Fsp3) is 0.867. The van der Waals surface area contributed by atoms with Crippen molar-refractivity contribution in [2.45, 2.75) is 66.9 Å². The highest BCUT2D eigenvalue weighted by molar-refractivity contribution is 5.82. The number of hydrogen-bond donors (Lipinski definition) is 0. The average Bonchev–Trinajstić information content (AvgIpc) is 2.34. The van der Waals surface area contributed by atoms with Crippen molar-refractivity contribution >= 4 is 11.9 Å². The molecule has 0 fully saturated rings. The van der Waals surface area contributed by atoms with E-state index in [1.165, 1.54) is 0 Å². The Morgan fingerprint density at radius 2 is 1.74 bits per heavy atom. The minimum absolute atomic E-state index is 0.0413. The molecule has 0 N–H and O–H groups in total. The van der Waals surface area contributed by atoms with Crippen molar-refractivity contribution < 1.29 is 19.1 Å². The second kappa shape index (κ2) is 8.18. The van der Waals surface area contributed by atoms with Gasteiger partial charge in [0.1, 0.15) is 0 Å². The molecule has 19 heavy (non-hydrogen) atoms. The number of ether oxygens (including phenoxy) is 2. The molecular weight excluding hydrogens is 244 g/mol. The molecule has 0 rings (SSSR count). The predicted octanol–water partition coefficient (Wildman–Crippen LogP) is 3.33. The highest BCUT2D eigenvalue weighted by atomic mass is 16.6. The lowest BCUT2D eigenvalue weighted by Crippen LogP contribution is -2.39. The zero-order valence-electron chi connectivity index (χ0n) is 13.1. The second-order valence-corrected chi connectivity index (χ2v) is 5.60. The minimum Gasteiger partial charge on any atom is -0.463 e. The van der Waals surface area contributed by atoms with Crippen molar-refractivity contribution in [2.75, 3.05) is 6.61 Å². The molecule has 4 heteroatoms. The topological polar surface area (TPSA) is 52.6 Å². The van der Waals surface area contributed by atoms with Crippen LogP contribution < -0.4 is 0 Å². The molecule has 112 valence electrons. The van der Waals surface area contributed by atoms with Crippen LogP contribution in [0.4, 0.5) is 0 Å². The van der Waals surface area contributed by atoms with Crippen LogP contribution in [-0.4, -0.2) is 24.6 Å². The molecular formula is C15H28O4. The van der Waals surface area contributed by atoms with Gasteiger partial charge in [0.05, 0.1) is 12.0 Å². The van der Waals surface area contributed by atoms with Gasteiger partial charge in [-0.15, -0.1) is 0 Å². The maximum Gasteiger partial charge on any atom is 0.347 e. The second-order valence-electron chi connectivity index (χ2n) is 5.60. The van der Waals surface area contributed by atoms with Crippen LogP contribution in [0.3, 0.4) is 0 Å². The quantitative estimate of drug-likeness (QED) is 0.636. The summed E-state index contributed by atoms with van der Waals surface area (Å²) in [5.41, 5.74) is -0.563. The number of esters is 2. The number of carbonyl (C=O) groups is 2. The molecule has 0 saturated heterocycles. The van der Waals surface area contributed by atoms with E-state index < -0.39 is 17.5 Å². The fourth-order valence-electron chi connectivity index (χ4n) is 1.84. The molecule has 2 atom stereocenters. The molecule has 0 aromatic carbocycles. The van der Waals surface area contributed by atoms with E-state index >= 15 is 0 Å². The largest absolute Gasteiger partial charge is 0.463 e. The smallest absolute Gasteiger partial charge is 0.347 e. The Morgan fingerprint density at radius 1 is 1.16 bits per heavy atom. The van der Waals surface area contributed by atoms with Gasteiger partial charge in [0.25, 0.3) is 0 Å². The van der Waals surface area contributed by atoms with E-state index in [1.54, 1.807) is 6.92 Å². The van der Waals surface area contributed by atoms with Crippen molar-refractivity contribution in [3.63, 3.8) is 0 Å². The highest BCUT2D eigenvalue weighted by Gasteiger charge is 2.35. The first-order chi connectivity index (χ1) is 8.80. The van der Waals surface area contributed by atoms with E-state index in [0.29, 0.717) is 6.61 Å². The zero-order chi connectivity index (χ0) is 15.1. The van der Waals surface area contributed by atoms with Crippen LogP contribution in [-0.2, 0) is 19.1 Å². The van der Waals surface area contributed by atoms with Crippen LogP contribution in [0.25, 0.3) is 0 Å². The van der Waals surface area contributed by atoms with E-state index in [4.69, 9.17) is 9.47 Å². The van der Waals surface area contributed by atoms with Gasteiger partial charge in [0, 0.05) is 5.92 Å². The maximum atomic E-state index is 12.2. The number of hydrogen-bond acceptors (Lipinski definition) is 4. The Hall–Kier alpha value is -1.06. The van der Waals surface area contributed by atoms with Crippen molar-refractivity contribution in [3.8, 4) is 0 Å². The molecule has 0 amide bonds. The average molecular weight is 272 g/mol. The molecule has 4 nitrogen and oxygen atoms in total. The first-order valence-corrected chi connectivity index (χ1v) is 7.17. The molecule has 0 bridgehead atoms. The summed E-state index contributed by atoms with van der Waals surface area (Å²) in [6.45, 7) is 11.6. The molecule has 0 heterocycles. The van der Waals surface area contributed by atoms with Gasteiger partial charge >= 0.3 is 11.9 Å². The Balaban J connectivity index is 4.82. The van der Waals surface area contributed by atoms with Crippen LogP contribution >= 0.6 is 0 Å². The van der Waals surface area contributed by atoms with Crippen LogP contribution in [0, 0.1) is 11.3 Å². The molecule has 0 radical (unpaired) electrons. The first kappa shape index (κ1) is 17.9. The summed E-state index contributed by atoms with van der Waals surface area (Å²) in [6.07, 6.45) is 1.59. The van der Waals surface area contributed by atoms with Gasteiger partial charge in [-0.05, 0) is 33.6 Å². The lowest BCUT2D eigenvalue weighted by atomic mass is 9.88. The summed E-state index contributed by atoms with van der Waals surface area (Å²) in [6, 6.07) is 0. The summed E-state index contributed by atoms with van der Waals surface area (Å²) >= 11 is 0. The monoisotopic (exact) mass is 272 g/mol. The van der Waals surface area contributed by atoms with Crippen molar-refractivity contribution in [1.82, 2.24) is 0 Å². The number of carbonyl (C=O) groups excluding carboxylic acids is 2. The molecule has 0 aromatic rings. The van der Waals surface area contributed by atoms with Gasteiger partial charge in [-0.2, -0.15) is 0 Å². The Kier molecular flexibility index (Phi) is 7.72. The van der Waals surface area contributed by atoms with E-state index in [9.17, 15) is 9.59 Å². The lowest BCUT2D eigenvalue weighted by Gasteiger charge is -2.27. The molecule has 0 spiro atoms. The molecule has 0 saturated carbocycles. The van der Waals surface area contributed by atoms with Gasteiger partial charge in [-0.1, -0.05) is 27.2 Å². The Morgan fingerprint density at radius 3 is 2.16 bits per heavy atom. The van der Waals surface area contributed by atoms with Gasteiger partial charge < -0.3 is 9.47 Å². The first-order valence-electron chi connectivity index (χ1n) is 7.17. The summed E-state index contributed by atoms with van der Waals surface area (Å²) in [4.78, 5) is 24.0.